The van der Waals surface area contributed by atoms with Crippen LogP contribution in [0.15, 0.2) is 33.9 Å². The van der Waals surface area contributed by atoms with Gasteiger partial charge in [-0.15, -0.1) is 0 Å². The van der Waals surface area contributed by atoms with E-state index >= 15 is 0 Å². The molecule has 0 saturated carbocycles. The van der Waals surface area contributed by atoms with Gasteiger partial charge in [0.15, 0.2) is 9.54 Å². The first kappa shape index (κ1) is 22.5. The Labute approximate surface area is 181 Å². The van der Waals surface area contributed by atoms with Crippen molar-refractivity contribution in [2.24, 2.45) is 14.1 Å². The van der Waals surface area contributed by atoms with Crippen LogP contribution >= 0.6 is 24.4 Å². The van der Waals surface area contributed by atoms with E-state index in [1.807, 2.05) is 0 Å². The van der Waals surface area contributed by atoms with Crippen LogP contribution in [0.25, 0.3) is 0 Å². The smallest absolute Gasteiger partial charge is 0.416 e. The second kappa shape index (κ2) is 7.81. The molecule has 0 radical (unpaired) electrons. The van der Waals surface area contributed by atoms with E-state index < -0.39 is 51.7 Å². The van der Waals surface area contributed by atoms with Crippen molar-refractivity contribution in [3.05, 3.63) is 76.8 Å². The molecule has 0 unspecified atom stereocenters. The predicted octanol–water partition coefficient (Wildman–Crippen LogP) is 2.81. The Morgan fingerprint density at radius 2 is 1.39 bits per heavy atom. The largest absolute Gasteiger partial charge is 0.494 e. The maximum atomic E-state index is 13.3. The van der Waals surface area contributed by atoms with E-state index in [9.17, 15) is 33.0 Å². The molecule has 31 heavy (non-hydrogen) atoms. The van der Waals surface area contributed by atoms with E-state index in [2.05, 4.69) is 9.97 Å². The monoisotopic (exact) mass is 472 g/mol. The summed E-state index contributed by atoms with van der Waals surface area (Å²) in [5.41, 5.74) is -4.05. The number of H-pyrrole nitrogens is 2. The fourth-order valence-corrected chi connectivity index (χ4v) is 3.50. The number of aromatic hydroxyl groups is 2. The highest BCUT2D eigenvalue weighted by atomic mass is 32.1. The number of nitrogens with zero attached hydrogens (tertiary/aromatic N) is 2. The zero-order valence-electron chi connectivity index (χ0n) is 15.9. The van der Waals surface area contributed by atoms with Gasteiger partial charge in [0, 0.05) is 14.1 Å². The molecule has 0 aliphatic rings. The fraction of sp³-hybridized carbons (Fsp3) is 0.222. The third-order valence-corrected chi connectivity index (χ3v) is 5.53. The molecule has 0 bridgehead atoms. The SMILES string of the molecule is Cn1c(O)c(C(c2cccc(C(F)(F)F)c2)c2c(O)n(C)c(=S)[nH]c2=O)c(=O)[nH]c1=S. The number of aromatic nitrogens is 4. The number of alkyl halides is 3. The number of aromatic amines is 2. The van der Waals surface area contributed by atoms with Crippen LogP contribution in [0.1, 0.15) is 28.2 Å². The predicted molar refractivity (Wildman–Crippen MR) is 109 cm³/mol. The maximum absolute atomic E-state index is 13.3. The van der Waals surface area contributed by atoms with E-state index in [-0.39, 0.29) is 15.1 Å². The molecule has 8 nitrogen and oxygen atoms in total. The Morgan fingerprint density at radius 3 is 1.81 bits per heavy atom. The lowest BCUT2D eigenvalue weighted by molar-refractivity contribution is -0.137. The summed E-state index contributed by atoms with van der Waals surface area (Å²) in [7, 11) is 2.63. The summed E-state index contributed by atoms with van der Waals surface area (Å²) in [5.74, 6) is -2.95. The minimum atomic E-state index is -4.71. The molecule has 0 saturated heterocycles. The fourth-order valence-electron chi connectivity index (χ4n) is 3.15. The molecular formula is C18H15F3N4O4S2. The lowest BCUT2D eigenvalue weighted by Crippen LogP contribution is -2.27. The van der Waals surface area contributed by atoms with Gasteiger partial charge >= 0.3 is 6.18 Å². The first-order chi connectivity index (χ1) is 14.3. The Hall–Kier alpha value is -3.19. The molecule has 0 aliphatic heterocycles. The van der Waals surface area contributed by atoms with Gasteiger partial charge in [-0.25, -0.2) is 0 Å². The quantitative estimate of drug-likeness (QED) is 0.436. The summed E-state index contributed by atoms with van der Waals surface area (Å²) in [6, 6.07) is 3.87. The molecule has 1 aromatic carbocycles. The Balaban J connectivity index is 2.50. The Kier molecular flexibility index (Phi) is 5.67. The molecular weight excluding hydrogens is 457 g/mol. The Bertz CT molecular complexity index is 1340. The highest BCUT2D eigenvalue weighted by Gasteiger charge is 2.34. The van der Waals surface area contributed by atoms with Crippen LogP contribution in [0.4, 0.5) is 13.2 Å². The molecule has 0 aliphatic carbocycles. The van der Waals surface area contributed by atoms with Crippen LogP contribution in [0.5, 0.6) is 11.8 Å². The summed E-state index contributed by atoms with van der Waals surface area (Å²) in [6.45, 7) is 0. The van der Waals surface area contributed by atoms with E-state index in [0.717, 1.165) is 27.3 Å². The molecule has 4 N–H and O–H groups in total. The van der Waals surface area contributed by atoms with Crippen molar-refractivity contribution in [2.75, 3.05) is 0 Å². The van der Waals surface area contributed by atoms with Crippen molar-refractivity contribution in [1.82, 2.24) is 19.1 Å². The van der Waals surface area contributed by atoms with Crippen LogP contribution in [0.2, 0.25) is 0 Å². The molecule has 0 spiro atoms. The third kappa shape index (κ3) is 3.93. The van der Waals surface area contributed by atoms with Gasteiger partial charge in [-0.05, 0) is 36.1 Å². The van der Waals surface area contributed by atoms with Crippen LogP contribution in [0.3, 0.4) is 0 Å². The topological polar surface area (TPSA) is 116 Å². The first-order valence-electron chi connectivity index (χ1n) is 8.56. The summed E-state index contributed by atoms with van der Waals surface area (Å²) < 4.78 is 41.7. The van der Waals surface area contributed by atoms with Crippen LogP contribution < -0.4 is 11.1 Å². The van der Waals surface area contributed by atoms with Crippen molar-refractivity contribution >= 4 is 24.4 Å². The normalized spacial score (nSPS) is 11.8. The van der Waals surface area contributed by atoms with Gasteiger partial charge in [0.2, 0.25) is 11.8 Å². The molecule has 0 fully saturated rings. The lowest BCUT2D eigenvalue weighted by atomic mass is 9.86. The van der Waals surface area contributed by atoms with E-state index in [0.29, 0.717) is 0 Å². The van der Waals surface area contributed by atoms with Gasteiger partial charge in [-0.2, -0.15) is 13.2 Å². The highest BCUT2D eigenvalue weighted by molar-refractivity contribution is 7.71. The number of benzene rings is 1. The number of hydrogen-bond donors (Lipinski definition) is 4. The zero-order valence-corrected chi connectivity index (χ0v) is 17.6. The van der Waals surface area contributed by atoms with E-state index in [1.54, 1.807) is 0 Å². The Morgan fingerprint density at radius 1 is 0.935 bits per heavy atom. The van der Waals surface area contributed by atoms with Crippen molar-refractivity contribution in [3.63, 3.8) is 0 Å². The summed E-state index contributed by atoms with van der Waals surface area (Å²) in [6.07, 6.45) is -4.71. The van der Waals surface area contributed by atoms with Gasteiger partial charge in [0.05, 0.1) is 22.6 Å². The lowest BCUT2D eigenvalue weighted by Gasteiger charge is -2.22. The minimum Gasteiger partial charge on any atom is -0.494 e. The standard InChI is InChI=1S/C18H15F3N4O4S2/c1-24-14(28)10(12(26)22-16(24)30)9(7-4-3-5-8(6-7)18(19,20)21)11-13(27)23-17(31)25(2)15(11)29/h3-6,9,28-29H,1-2H3,(H,22,26,30)(H,23,27,31). The molecule has 13 heteroatoms. The second-order valence-electron chi connectivity index (χ2n) is 6.67. The van der Waals surface area contributed by atoms with Crippen molar-refractivity contribution in [1.29, 1.82) is 0 Å². The van der Waals surface area contributed by atoms with Gasteiger partial charge in [0.1, 0.15) is 0 Å². The molecule has 3 rings (SSSR count). The summed E-state index contributed by atoms with van der Waals surface area (Å²) in [4.78, 5) is 30.0. The van der Waals surface area contributed by atoms with E-state index in [4.69, 9.17) is 24.4 Å². The summed E-state index contributed by atoms with van der Waals surface area (Å²) >= 11 is 9.86. The molecule has 164 valence electrons. The first-order valence-corrected chi connectivity index (χ1v) is 9.37. The maximum Gasteiger partial charge on any atom is 0.416 e. The third-order valence-electron chi connectivity index (χ3n) is 4.78. The van der Waals surface area contributed by atoms with Crippen LogP contribution in [-0.2, 0) is 20.3 Å². The molecule has 0 amide bonds. The van der Waals surface area contributed by atoms with E-state index in [1.165, 1.54) is 20.2 Å². The average Bonchev–Trinajstić information content (AvgIpc) is 2.68. The van der Waals surface area contributed by atoms with Gasteiger partial charge in [-0.3, -0.25) is 28.7 Å². The number of rotatable bonds is 3. The van der Waals surface area contributed by atoms with Gasteiger partial charge in [-0.1, -0.05) is 18.2 Å². The number of halogens is 3. The van der Waals surface area contributed by atoms with Gasteiger partial charge in [0.25, 0.3) is 11.1 Å². The second-order valence-corrected chi connectivity index (χ2v) is 7.44. The molecule has 3 aromatic rings. The highest BCUT2D eigenvalue weighted by Crippen LogP contribution is 2.38. The van der Waals surface area contributed by atoms with Crippen LogP contribution in [0, 0.1) is 9.54 Å². The molecule has 2 heterocycles. The number of nitrogens with one attached hydrogen (secondary N) is 2. The number of hydrogen-bond acceptors (Lipinski definition) is 6. The summed E-state index contributed by atoms with van der Waals surface area (Å²) in [5, 5.41) is 21.2. The van der Waals surface area contributed by atoms with Gasteiger partial charge < -0.3 is 10.2 Å². The minimum absolute atomic E-state index is 0.154. The van der Waals surface area contributed by atoms with Crippen LogP contribution in [-0.4, -0.2) is 29.3 Å². The molecule has 0 atom stereocenters. The van der Waals surface area contributed by atoms with Crippen molar-refractivity contribution in [3.8, 4) is 11.8 Å². The molecule has 2 aromatic heterocycles. The van der Waals surface area contributed by atoms with Crippen molar-refractivity contribution in [2.45, 2.75) is 12.1 Å². The van der Waals surface area contributed by atoms with Crippen molar-refractivity contribution < 1.29 is 23.4 Å². The zero-order chi connectivity index (χ0) is 23.2. The average molecular weight is 472 g/mol.